The number of β-amino-alcohol motifs (C(OH)–C–C–N with tert-alkyl or cyclic N) is 1. The molecule has 8 nitrogen and oxygen atoms in total. The van der Waals surface area contributed by atoms with Crippen LogP contribution in [0.5, 0.6) is 0 Å². The van der Waals surface area contributed by atoms with Gasteiger partial charge in [0.2, 0.25) is 0 Å². The number of hydrogen-bond acceptors (Lipinski definition) is 8. The first-order valence-electron chi connectivity index (χ1n) is 10.4. The third-order valence-corrected chi connectivity index (χ3v) is 5.81. The summed E-state index contributed by atoms with van der Waals surface area (Å²) >= 11 is 0. The molecule has 4 heterocycles. The van der Waals surface area contributed by atoms with Gasteiger partial charge in [-0.25, -0.2) is 18.7 Å². The third kappa shape index (κ3) is 4.01. The fourth-order valence-electron chi connectivity index (χ4n) is 3.90. The van der Waals surface area contributed by atoms with Crippen molar-refractivity contribution in [3.05, 3.63) is 30.2 Å². The molecule has 0 bridgehead atoms. The average Bonchev–Trinajstić information content (AvgIpc) is 3.55. The van der Waals surface area contributed by atoms with E-state index in [9.17, 15) is 13.9 Å². The van der Waals surface area contributed by atoms with Gasteiger partial charge in [0, 0.05) is 49.9 Å². The van der Waals surface area contributed by atoms with Crippen LogP contribution in [0, 0.1) is 0 Å². The van der Waals surface area contributed by atoms with Crippen molar-refractivity contribution >= 4 is 23.1 Å². The van der Waals surface area contributed by atoms with E-state index < -0.39 is 18.6 Å². The molecule has 1 atom stereocenters. The summed E-state index contributed by atoms with van der Waals surface area (Å²) in [4.78, 5) is 17.1. The molecule has 0 spiro atoms. The van der Waals surface area contributed by atoms with Gasteiger partial charge in [0.05, 0.1) is 31.2 Å². The first-order chi connectivity index (χ1) is 14.5. The molecule has 5 rings (SSSR count). The number of halogens is 2. The smallest absolute Gasteiger partial charge is 0.292 e. The highest BCUT2D eigenvalue weighted by Crippen LogP contribution is 2.38. The Morgan fingerprint density at radius 1 is 1.07 bits per heavy atom. The molecule has 3 fully saturated rings. The molecule has 160 valence electrons. The fraction of sp³-hybridized carbons (Fsp3) is 0.550. The van der Waals surface area contributed by atoms with Gasteiger partial charge in [-0.1, -0.05) is 0 Å². The normalized spacial score (nSPS) is 23.6. The fourth-order valence-corrected chi connectivity index (χ4v) is 3.90. The van der Waals surface area contributed by atoms with Crippen molar-refractivity contribution in [3.8, 4) is 0 Å². The van der Waals surface area contributed by atoms with Crippen LogP contribution in [0.3, 0.4) is 0 Å². The molecule has 3 aliphatic rings. The minimum absolute atomic E-state index is 0.152. The van der Waals surface area contributed by atoms with Crippen LogP contribution in [-0.4, -0.2) is 71.4 Å². The van der Waals surface area contributed by atoms with E-state index in [0.29, 0.717) is 23.4 Å². The first kappa shape index (κ1) is 19.4. The largest absolute Gasteiger partial charge is 0.385 e. The molecular weight excluding hydrogens is 392 g/mol. The van der Waals surface area contributed by atoms with Crippen molar-refractivity contribution in [1.82, 2.24) is 20.3 Å². The lowest BCUT2D eigenvalue weighted by atomic mass is 10.2. The van der Waals surface area contributed by atoms with Gasteiger partial charge in [0.1, 0.15) is 23.6 Å². The number of alkyl halides is 2. The second-order valence-electron chi connectivity index (χ2n) is 8.19. The molecule has 1 saturated carbocycles. The van der Waals surface area contributed by atoms with Crippen molar-refractivity contribution in [2.75, 3.05) is 54.4 Å². The number of aliphatic hydroxyl groups excluding tert-OH is 1. The Bertz CT molecular complexity index is 901. The summed E-state index contributed by atoms with van der Waals surface area (Å²) in [5.74, 6) is -1.14. The van der Waals surface area contributed by atoms with Gasteiger partial charge >= 0.3 is 0 Å². The lowest BCUT2D eigenvalue weighted by Crippen LogP contribution is -2.43. The van der Waals surface area contributed by atoms with Gasteiger partial charge in [-0.05, 0) is 12.8 Å². The molecule has 2 saturated heterocycles. The van der Waals surface area contributed by atoms with Crippen LogP contribution in [0.1, 0.15) is 24.5 Å². The highest BCUT2D eigenvalue weighted by molar-refractivity contribution is 5.66. The van der Waals surface area contributed by atoms with E-state index >= 15 is 0 Å². The van der Waals surface area contributed by atoms with E-state index in [0.717, 1.165) is 50.4 Å². The topological polar surface area (TPSA) is 89.4 Å². The van der Waals surface area contributed by atoms with Gasteiger partial charge in [0.15, 0.2) is 0 Å². The number of pyridine rings is 1. The van der Waals surface area contributed by atoms with Gasteiger partial charge in [-0.2, -0.15) is 0 Å². The Balaban J connectivity index is 1.43. The molecule has 2 aromatic heterocycles. The minimum atomic E-state index is -3.15. The van der Waals surface area contributed by atoms with Crippen LogP contribution < -0.4 is 20.4 Å². The highest BCUT2D eigenvalue weighted by Gasteiger charge is 2.47. The predicted molar refractivity (Wildman–Crippen MR) is 110 cm³/mol. The van der Waals surface area contributed by atoms with Crippen molar-refractivity contribution in [2.24, 2.45) is 0 Å². The molecule has 10 heteroatoms. The first-order valence-corrected chi connectivity index (χ1v) is 10.4. The Morgan fingerprint density at radius 3 is 2.50 bits per heavy atom. The Labute approximate surface area is 173 Å². The predicted octanol–water partition coefficient (Wildman–Crippen LogP) is 1.72. The van der Waals surface area contributed by atoms with E-state index in [1.165, 1.54) is 4.90 Å². The molecule has 30 heavy (non-hydrogen) atoms. The minimum Gasteiger partial charge on any atom is -0.385 e. The van der Waals surface area contributed by atoms with Crippen molar-refractivity contribution in [2.45, 2.75) is 30.8 Å². The maximum atomic E-state index is 13.9. The van der Waals surface area contributed by atoms with E-state index in [-0.39, 0.29) is 6.54 Å². The zero-order chi connectivity index (χ0) is 20.7. The molecule has 2 aromatic rings. The Kier molecular flexibility index (Phi) is 4.90. The van der Waals surface area contributed by atoms with Crippen molar-refractivity contribution < 1.29 is 13.9 Å². The zero-order valence-electron chi connectivity index (χ0n) is 16.6. The highest BCUT2D eigenvalue weighted by atomic mass is 19.3. The van der Waals surface area contributed by atoms with Crippen LogP contribution in [0.15, 0.2) is 24.5 Å². The number of nitrogens with zero attached hydrogens (tertiary/aromatic N) is 5. The summed E-state index contributed by atoms with van der Waals surface area (Å²) in [6.07, 6.45) is 4.08. The van der Waals surface area contributed by atoms with Crippen LogP contribution in [0.25, 0.3) is 0 Å². The molecule has 2 aliphatic heterocycles. The summed E-state index contributed by atoms with van der Waals surface area (Å²) < 4.78 is 27.8. The summed E-state index contributed by atoms with van der Waals surface area (Å²) in [7, 11) is 0. The maximum Gasteiger partial charge on any atom is 0.292 e. The second-order valence-corrected chi connectivity index (χ2v) is 8.19. The summed E-state index contributed by atoms with van der Waals surface area (Å²) in [5.41, 5.74) is 1.90. The Morgan fingerprint density at radius 2 is 1.87 bits per heavy atom. The number of aliphatic hydroxyl groups is 1. The van der Waals surface area contributed by atoms with Crippen molar-refractivity contribution in [3.63, 3.8) is 0 Å². The van der Waals surface area contributed by atoms with Crippen LogP contribution in [0.4, 0.5) is 31.9 Å². The van der Waals surface area contributed by atoms with Crippen LogP contribution in [-0.2, 0) is 0 Å². The molecule has 0 unspecified atom stereocenters. The molecular formula is C20H25F2N7O. The van der Waals surface area contributed by atoms with Crippen molar-refractivity contribution in [1.29, 1.82) is 0 Å². The number of piperazine rings is 1. The number of anilines is 4. The lowest BCUT2D eigenvalue weighted by Gasteiger charge is -2.30. The number of nitrogens with one attached hydrogen (secondary N) is 2. The molecule has 1 aliphatic carbocycles. The van der Waals surface area contributed by atoms with E-state index in [4.69, 9.17) is 0 Å². The molecule has 0 radical (unpaired) electrons. The number of rotatable bonds is 5. The van der Waals surface area contributed by atoms with Gasteiger partial charge in [0.25, 0.3) is 5.92 Å². The summed E-state index contributed by atoms with van der Waals surface area (Å²) in [5, 5.41) is 16.2. The lowest BCUT2D eigenvalue weighted by molar-refractivity contribution is -0.0712. The number of aromatic nitrogens is 3. The van der Waals surface area contributed by atoms with E-state index in [1.54, 1.807) is 12.4 Å². The number of hydrogen-bond donors (Lipinski definition) is 3. The van der Waals surface area contributed by atoms with E-state index in [2.05, 4.69) is 30.5 Å². The van der Waals surface area contributed by atoms with Crippen LogP contribution in [0.2, 0.25) is 0 Å². The third-order valence-electron chi connectivity index (χ3n) is 5.81. The van der Waals surface area contributed by atoms with Gasteiger partial charge in [-0.15, -0.1) is 0 Å². The standard InChI is InChI=1S/C20H25F2N7O/c21-20(22)12-29(11-16(20)30)19-8-14(28-5-3-23-4-6-28)7-17(27-19)26-18-10-24-15(9-25-18)13-1-2-13/h7-10,13,16,23,30H,1-6,11-12H2,(H,25,26,27)/t16-/m1/s1. The second kappa shape index (κ2) is 7.59. The molecule has 0 amide bonds. The van der Waals surface area contributed by atoms with Gasteiger partial charge in [-0.3, -0.25) is 4.98 Å². The average molecular weight is 417 g/mol. The summed E-state index contributed by atoms with van der Waals surface area (Å²) in [6.45, 7) is 2.64. The maximum absolute atomic E-state index is 13.9. The van der Waals surface area contributed by atoms with E-state index in [1.807, 2.05) is 12.1 Å². The SMILES string of the molecule is O[C@@H]1CN(c2cc(N3CCNCC3)cc(Nc3cnc(C4CC4)cn3)n2)CC1(F)F. The molecule has 3 N–H and O–H groups in total. The van der Waals surface area contributed by atoms with Crippen LogP contribution >= 0.6 is 0 Å². The Hall–Kier alpha value is -2.59. The monoisotopic (exact) mass is 417 g/mol. The zero-order valence-corrected chi connectivity index (χ0v) is 16.6. The quantitative estimate of drug-likeness (QED) is 0.678. The molecule has 0 aromatic carbocycles. The summed E-state index contributed by atoms with van der Waals surface area (Å²) in [6, 6.07) is 3.71. The van der Waals surface area contributed by atoms with Gasteiger partial charge < -0.3 is 25.5 Å².